The minimum atomic E-state index is -0.231. The Balaban J connectivity index is 1.74. The van der Waals surface area contributed by atoms with E-state index in [0.29, 0.717) is 6.42 Å². The summed E-state index contributed by atoms with van der Waals surface area (Å²) < 4.78 is 19.0. The van der Waals surface area contributed by atoms with Gasteiger partial charge in [0.25, 0.3) is 0 Å². The van der Waals surface area contributed by atoms with Gasteiger partial charge in [0.2, 0.25) is 0 Å². The summed E-state index contributed by atoms with van der Waals surface area (Å²) in [5.74, 6) is 1.42. The molecule has 1 aromatic heterocycles. The maximum atomic E-state index is 13.3. The van der Waals surface area contributed by atoms with Gasteiger partial charge in [0.05, 0.1) is 11.7 Å². The van der Waals surface area contributed by atoms with E-state index in [1.54, 1.807) is 0 Å². The second-order valence-corrected chi connectivity index (χ2v) is 5.91. The first-order valence-electron chi connectivity index (χ1n) is 7.95. The van der Waals surface area contributed by atoms with E-state index in [1.807, 2.05) is 66.5 Å². The van der Waals surface area contributed by atoms with Crippen LogP contribution in [0.5, 0.6) is 0 Å². The fourth-order valence-corrected chi connectivity index (χ4v) is 3.01. The molecule has 120 valence electrons. The van der Waals surface area contributed by atoms with Crippen LogP contribution in [0.4, 0.5) is 10.1 Å². The van der Waals surface area contributed by atoms with E-state index in [2.05, 4.69) is 0 Å². The SMILES string of the molecule is Cc1ccc(C2=NN(c3ccccc3)[C@H](c3ccc(F)cc3)C2)o1. The predicted octanol–water partition coefficient (Wildman–Crippen LogP) is 5.08. The van der Waals surface area contributed by atoms with Crippen molar-refractivity contribution in [2.75, 3.05) is 5.01 Å². The van der Waals surface area contributed by atoms with Gasteiger partial charge >= 0.3 is 0 Å². The molecule has 0 saturated carbocycles. The van der Waals surface area contributed by atoms with Crippen molar-refractivity contribution in [2.45, 2.75) is 19.4 Å². The largest absolute Gasteiger partial charge is 0.460 e. The number of para-hydroxylation sites is 1. The highest BCUT2D eigenvalue weighted by Crippen LogP contribution is 2.36. The first-order chi connectivity index (χ1) is 11.7. The molecule has 1 aliphatic heterocycles. The van der Waals surface area contributed by atoms with Gasteiger partial charge in [-0.3, -0.25) is 5.01 Å². The van der Waals surface area contributed by atoms with E-state index in [-0.39, 0.29) is 11.9 Å². The molecule has 1 aliphatic rings. The van der Waals surface area contributed by atoms with E-state index in [0.717, 1.165) is 28.5 Å². The van der Waals surface area contributed by atoms with Crippen molar-refractivity contribution in [3.8, 4) is 0 Å². The van der Waals surface area contributed by atoms with Gasteiger partial charge in [-0.1, -0.05) is 30.3 Å². The van der Waals surface area contributed by atoms with Gasteiger partial charge in [-0.15, -0.1) is 0 Å². The number of aryl methyl sites for hydroxylation is 1. The minimum absolute atomic E-state index is 0.0217. The molecular formula is C20H17FN2O. The third-order valence-corrected chi connectivity index (χ3v) is 4.21. The fraction of sp³-hybridized carbons (Fsp3) is 0.150. The highest BCUT2D eigenvalue weighted by molar-refractivity contribution is 6.01. The molecule has 2 aromatic carbocycles. The number of hydrogen-bond donors (Lipinski definition) is 0. The average molecular weight is 320 g/mol. The Labute approximate surface area is 140 Å². The molecule has 0 saturated heterocycles. The first-order valence-corrected chi connectivity index (χ1v) is 7.95. The summed E-state index contributed by atoms with van der Waals surface area (Å²) in [4.78, 5) is 0. The van der Waals surface area contributed by atoms with Crippen molar-refractivity contribution in [3.63, 3.8) is 0 Å². The van der Waals surface area contributed by atoms with Gasteiger partial charge in [0.15, 0.2) is 0 Å². The maximum Gasteiger partial charge on any atom is 0.150 e. The van der Waals surface area contributed by atoms with E-state index in [4.69, 9.17) is 9.52 Å². The van der Waals surface area contributed by atoms with Crippen molar-refractivity contribution in [2.24, 2.45) is 5.10 Å². The van der Waals surface area contributed by atoms with Crippen LogP contribution >= 0.6 is 0 Å². The molecular weight excluding hydrogens is 303 g/mol. The molecule has 0 aliphatic carbocycles. The molecule has 0 amide bonds. The maximum absolute atomic E-state index is 13.3. The van der Waals surface area contributed by atoms with Gasteiger partial charge in [-0.05, 0) is 48.9 Å². The van der Waals surface area contributed by atoms with Crippen LogP contribution in [0.3, 0.4) is 0 Å². The Morgan fingerprint density at radius 3 is 2.42 bits per heavy atom. The van der Waals surface area contributed by atoms with Crippen LogP contribution in [0.15, 0.2) is 76.2 Å². The highest BCUT2D eigenvalue weighted by Gasteiger charge is 2.31. The summed E-state index contributed by atoms with van der Waals surface area (Å²) in [6.07, 6.45) is 0.716. The molecule has 4 heteroatoms. The van der Waals surface area contributed by atoms with Crippen LogP contribution in [0.1, 0.15) is 29.5 Å². The number of hydrogen-bond acceptors (Lipinski definition) is 3. The quantitative estimate of drug-likeness (QED) is 0.673. The molecule has 0 unspecified atom stereocenters. The Bertz CT molecular complexity index is 868. The third-order valence-electron chi connectivity index (χ3n) is 4.21. The number of nitrogens with zero attached hydrogens (tertiary/aromatic N) is 2. The number of furan rings is 1. The van der Waals surface area contributed by atoms with E-state index >= 15 is 0 Å². The number of rotatable bonds is 3. The third kappa shape index (κ3) is 2.71. The Kier molecular flexibility index (Phi) is 3.65. The highest BCUT2D eigenvalue weighted by atomic mass is 19.1. The molecule has 0 fully saturated rings. The van der Waals surface area contributed by atoms with Gasteiger partial charge < -0.3 is 4.42 Å². The molecule has 0 N–H and O–H groups in total. The predicted molar refractivity (Wildman–Crippen MR) is 92.7 cm³/mol. The number of halogens is 1. The van der Waals surface area contributed by atoms with Crippen molar-refractivity contribution in [1.82, 2.24) is 0 Å². The Morgan fingerprint density at radius 1 is 1.00 bits per heavy atom. The van der Waals surface area contributed by atoms with Gasteiger partial charge in [0.1, 0.15) is 23.0 Å². The zero-order valence-corrected chi connectivity index (χ0v) is 13.3. The van der Waals surface area contributed by atoms with E-state index in [9.17, 15) is 4.39 Å². The molecule has 3 nitrogen and oxygen atoms in total. The lowest BCUT2D eigenvalue weighted by molar-refractivity contribution is 0.524. The smallest absolute Gasteiger partial charge is 0.150 e. The van der Waals surface area contributed by atoms with Crippen LogP contribution in [-0.2, 0) is 0 Å². The standard InChI is InChI=1S/C20H17FN2O/c1-14-7-12-20(24-14)18-13-19(15-8-10-16(21)11-9-15)23(22-18)17-5-3-2-4-6-17/h2-12,19H,13H2,1H3/t19-/m0/s1. The second kappa shape index (κ2) is 5.96. The second-order valence-electron chi connectivity index (χ2n) is 5.91. The van der Waals surface area contributed by atoms with Crippen LogP contribution < -0.4 is 5.01 Å². The lowest BCUT2D eigenvalue weighted by Gasteiger charge is -2.23. The molecule has 1 atom stereocenters. The topological polar surface area (TPSA) is 28.7 Å². The fourth-order valence-electron chi connectivity index (χ4n) is 3.01. The zero-order valence-electron chi connectivity index (χ0n) is 13.3. The Hall–Kier alpha value is -2.88. The van der Waals surface area contributed by atoms with E-state index < -0.39 is 0 Å². The molecule has 0 bridgehead atoms. The van der Waals surface area contributed by atoms with Crippen molar-refractivity contribution in [3.05, 3.63) is 89.6 Å². The zero-order chi connectivity index (χ0) is 16.5. The average Bonchev–Trinajstić information content (AvgIpc) is 3.23. The summed E-state index contributed by atoms with van der Waals surface area (Å²) in [6.45, 7) is 1.92. The van der Waals surface area contributed by atoms with Crippen molar-refractivity contribution in [1.29, 1.82) is 0 Å². The van der Waals surface area contributed by atoms with Crippen LogP contribution in [0.2, 0.25) is 0 Å². The first kappa shape index (κ1) is 14.7. The normalized spacial score (nSPS) is 17.2. The minimum Gasteiger partial charge on any atom is -0.460 e. The summed E-state index contributed by atoms with van der Waals surface area (Å²) in [5, 5.41) is 6.77. The molecule has 2 heterocycles. The summed E-state index contributed by atoms with van der Waals surface area (Å²) in [6, 6.07) is 20.5. The Morgan fingerprint density at radius 2 is 1.75 bits per heavy atom. The molecule has 3 aromatic rings. The summed E-state index contributed by atoms with van der Waals surface area (Å²) in [5.41, 5.74) is 2.94. The lowest BCUT2D eigenvalue weighted by Crippen LogP contribution is -2.18. The van der Waals surface area contributed by atoms with Gasteiger partial charge in [-0.25, -0.2) is 4.39 Å². The van der Waals surface area contributed by atoms with Crippen LogP contribution in [-0.4, -0.2) is 5.71 Å². The molecule has 0 radical (unpaired) electrons. The van der Waals surface area contributed by atoms with Crippen LogP contribution in [0, 0.1) is 12.7 Å². The van der Waals surface area contributed by atoms with Crippen molar-refractivity contribution < 1.29 is 8.81 Å². The van der Waals surface area contributed by atoms with Crippen molar-refractivity contribution >= 4 is 11.4 Å². The number of anilines is 1. The lowest BCUT2D eigenvalue weighted by atomic mass is 10.0. The molecule has 0 spiro atoms. The summed E-state index contributed by atoms with van der Waals surface area (Å²) in [7, 11) is 0. The van der Waals surface area contributed by atoms with Gasteiger partial charge in [-0.2, -0.15) is 5.10 Å². The molecule has 24 heavy (non-hydrogen) atoms. The van der Waals surface area contributed by atoms with E-state index in [1.165, 1.54) is 12.1 Å². The number of benzene rings is 2. The number of hydrazone groups is 1. The monoisotopic (exact) mass is 320 g/mol. The van der Waals surface area contributed by atoms with Crippen LogP contribution in [0.25, 0.3) is 0 Å². The molecule has 4 rings (SSSR count). The van der Waals surface area contributed by atoms with Gasteiger partial charge in [0, 0.05) is 6.42 Å². The summed E-state index contributed by atoms with van der Waals surface area (Å²) >= 11 is 0.